The van der Waals surface area contributed by atoms with Crippen LogP contribution in [0.3, 0.4) is 0 Å². The van der Waals surface area contributed by atoms with E-state index in [2.05, 4.69) is 14.9 Å². The first-order valence-electron chi connectivity index (χ1n) is 11.4. The molecular weight excluding hydrogens is 444 g/mol. The molecule has 1 aliphatic heterocycles. The molecule has 0 radical (unpaired) electrons. The largest absolute Gasteiger partial charge is 0.339 e. The quantitative estimate of drug-likeness (QED) is 0.430. The van der Waals surface area contributed by atoms with E-state index in [0.717, 1.165) is 23.5 Å². The maximum Gasteiger partial charge on any atom is 0.258 e. The maximum absolute atomic E-state index is 13.6. The van der Waals surface area contributed by atoms with Gasteiger partial charge in [-0.3, -0.25) is 14.5 Å². The molecule has 172 valence electrons. The lowest BCUT2D eigenvalue weighted by Crippen LogP contribution is -2.49. The van der Waals surface area contributed by atoms with Gasteiger partial charge in [0, 0.05) is 31.1 Å². The third-order valence-electron chi connectivity index (χ3n) is 6.04. The van der Waals surface area contributed by atoms with Crippen LogP contribution in [0.4, 0.5) is 0 Å². The van der Waals surface area contributed by atoms with Gasteiger partial charge < -0.3 is 9.88 Å². The minimum absolute atomic E-state index is 0.113. The van der Waals surface area contributed by atoms with Gasteiger partial charge in [0.2, 0.25) is 5.91 Å². The van der Waals surface area contributed by atoms with Crippen molar-refractivity contribution in [2.75, 3.05) is 26.2 Å². The molecule has 0 saturated carbocycles. The Balaban J connectivity index is 1.26. The molecule has 5 rings (SSSR count). The van der Waals surface area contributed by atoms with Crippen LogP contribution >= 0.6 is 11.8 Å². The minimum atomic E-state index is -0.284. The molecule has 1 aromatic heterocycles. The highest BCUT2D eigenvalue weighted by molar-refractivity contribution is 8.00. The van der Waals surface area contributed by atoms with Crippen LogP contribution in [-0.2, 0) is 11.3 Å². The standard InChI is InChI=1S/C27H26N4O2S/c32-26-22-13-7-8-14-23(22)28-24(29-26)19-30-15-17-31(18-16-30)27(33)25(20-9-3-1-4-10-20)34-21-11-5-2-6-12-21/h1-14,25H,15-19H2,(H,28,29,32)/t25-/m0/s1. The summed E-state index contributed by atoms with van der Waals surface area (Å²) in [6.45, 7) is 3.33. The summed E-state index contributed by atoms with van der Waals surface area (Å²) in [6, 6.07) is 27.4. The van der Waals surface area contributed by atoms with Crippen molar-refractivity contribution in [1.29, 1.82) is 0 Å². The van der Waals surface area contributed by atoms with Crippen molar-refractivity contribution in [2.45, 2.75) is 16.7 Å². The number of carbonyl (C=O) groups is 1. The molecule has 6 nitrogen and oxygen atoms in total. The number of carbonyl (C=O) groups excluding carboxylic acids is 1. The van der Waals surface area contributed by atoms with Crippen LogP contribution in [0.25, 0.3) is 10.9 Å². The number of piperazine rings is 1. The molecular formula is C27H26N4O2S. The molecule has 1 aliphatic rings. The van der Waals surface area contributed by atoms with E-state index in [-0.39, 0.29) is 16.7 Å². The molecule has 1 atom stereocenters. The monoisotopic (exact) mass is 470 g/mol. The molecule has 3 aromatic carbocycles. The van der Waals surface area contributed by atoms with E-state index >= 15 is 0 Å². The summed E-state index contributed by atoms with van der Waals surface area (Å²) in [6.07, 6.45) is 0. The molecule has 1 N–H and O–H groups in total. The number of thioether (sulfide) groups is 1. The van der Waals surface area contributed by atoms with Crippen molar-refractivity contribution in [3.05, 3.63) is 107 Å². The van der Waals surface area contributed by atoms with Gasteiger partial charge in [-0.2, -0.15) is 0 Å². The van der Waals surface area contributed by atoms with Gasteiger partial charge in [0.05, 0.1) is 17.4 Å². The smallest absolute Gasteiger partial charge is 0.258 e. The Morgan fingerprint density at radius 2 is 1.53 bits per heavy atom. The zero-order chi connectivity index (χ0) is 23.3. The fourth-order valence-electron chi connectivity index (χ4n) is 4.24. The van der Waals surface area contributed by atoms with E-state index < -0.39 is 0 Å². The van der Waals surface area contributed by atoms with Crippen molar-refractivity contribution >= 4 is 28.6 Å². The Kier molecular flexibility index (Phi) is 6.74. The van der Waals surface area contributed by atoms with Crippen molar-refractivity contribution in [1.82, 2.24) is 19.8 Å². The summed E-state index contributed by atoms with van der Waals surface area (Å²) in [7, 11) is 0. The number of aromatic amines is 1. The Hall–Kier alpha value is -3.42. The second-order valence-electron chi connectivity index (χ2n) is 8.35. The number of benzene rings is 3. The van der Waals surface area contributed by atoms with Crippen LogP contribution in [-0.4, -0.2) is 51.9 Å². The third kappa shape index (κ3) is 5.05. The average Bonchev–Trinajstić information content (AvgIpc) is 2.88. The van der Waals surface area contributed by atoms with Crippen LogP contribution in [0.5, 0.6) is 0 Å². The minimum Gasteiger partial charge on any atom is -0.339 e. The number of H-pyrrole nitrogens is 1. The van der Waals surface area contributed by atoms with Gasteiger partial charge in [0.25, 0.3) is 5.56 Å². The summed E-state index contributed by atoms with van der Waals surface area (Å²) in [5.74, 6) is 0.794. The molecule has 34 heavy (non-hydrogen) atoms. The van der Waals surface area contributed by atoms with Crippen molar-refractivity contribution in [3.63, 3.8) is 0 Å². The highest BCUT2D eigenvalue weighted by Crippen LogP contribution is 2.36. The third-order valence-corrected chi connectivity index (χ3v) is 7.30. The zero-order valence-electron chi connectivity index (χ0n) is 18.8. The predicted octanol–water partition coefficient (Wildman–Crippen LogP) is 4.10. The highest BCUT2D eigenvalue weighted by atomic mass is 32.2. The van der Waals surface area contributed by atoms with Gasteiger partial charge in [-0.1, -0.05) is 60.7 Å². The molecule has 7 heteroatoms. The lowest BCUT2D eigenvalue weighted by atomic mass is 10.1. The first-order valence-corrected chi connectivity index (χ1v) is 12.3. The van der Waals surface area contributed by atoms with Gasteiger partial charge >= 0.3 is 0 Å². The van der Waals surface area contributed by atoms with Gasteiger partial charge in [0.1, 0.15) is 11.1 Å². The van der Waals surface area contributed by atoms with Crippen LogP contribution in [0.15, 0.2) is 94.6 Å². The second kappa shape index (κ2) is 10.2. The number of aromatic nitrogens is 2. The van der Waals surface area contributed by atoms with Crippen LogP contribution in [0, 0.1) is 0 Å². The molecule has 0 aliphatic carbocycles. The Morgan fingerprint density at radius 1 is 0.882 bits per heavy atom. The SMILES string of the molecule is O=C([C@@H](Sc1ccccc1)c1ccccc1)N1CCN(Cc2nc3ccccc3c(=O)[nH]2)CC1. The fraction of sp³-hybridized carbons (Fsp3) is 0.222. The first-order chi connectivity index (χ1) is 16.7. The van der Waals surface area contributed by atoms with Crippen LogP contribution < -0.4 is 5.56 Å². The molecule has 1 fully saturated rings. The zero-order valence-corrected chi connectivity index (χ0v) is 19.6. The number of fused-ring (bicyclic) bond motifs is 1. The van der Waals surface area contributed by atoms with Gasteiger partial charge in [-0.05, 0) is 29.8 Å². The predicted molar refractivity (Wildman–Crippen MR) is 136 cm³/mol. The Morgan fingerprint density at radius 3 is 2.26 bits per heavy atom. The number of hydrogen-bond acceptors (Lipinski definition) is 5. The highest BCUT2D eigenvalue weighted by Gasteiger charge is 2.29. The molecule has 0 bridgehead atoms. The molecule has 4 aromatic rings. The number of nitrogens with one attached hydrogen (secondary N) is 1. The summed E-state index contributed by atoms with van der Waals surface area (Å²) < 4.78 is 0. The van der Waals surface area contributed by atoms with E-state index in [1.807, 2.05) is 83.8 Å². The number of amides is 1. The van der Waals surface area contributed by atoms with Crippen LogP contribution in [0.2, 0.25) is 0 Å². The maximum atomic E-state index is 13.6. The molecule has 0 spiro atoms. The van der Waals surface area contributed by atoms with E-state index in [1.54, 1.807) is 17.8 Å². The average molecular weight is 471 g/mol. The first kappa shape index (κ1) is 22.4. The van der Waals surface area contributed by atoms with Crippen molar-refractivity contribution in [2.24, 2.45) is 0 Å². The van der Waals surface area contributed by atoms with Gasteiger partial charge in [-0.25, -0.2) is 4.98 Å². The van der Waals surface area contributed by atoms with E-state index in [0.29, 0.717) is 36.4 Å². The number of rotatable bonds is 6. The van der Waals surface area contributed by atoms with Gasteiger partial charge in [0.15, 0.2) is 0 Å². The second-order valence-corrected chi connectivity index (χ2v) is 9.53. The fourth-order valence-corrected chi connectivity index (χ4v) is 5.37. The lowest BCUT2D eigenvalue weighted by molar-refractivity contribution is -0.132. The number of nitrogens with zero attached hydrogens (tertiary/aromatic N) is 3. The molecule has 0 unspecified atom stereocenters. The summed E-state index contributed by atoms with van der Waals surface area (Å²) in [4.78, 5) is 38.8. The summed E-state index contributed by atoms with van der Waals surface area (Å²) >= 11 is 1.60. The van der Waals surface area contributed by atoms with E-state index in [4.69, 9.17) is 0 Å². The Bertz CT molecular complexity index is 1320. The molecule has 1 saturated heterocycles. The Labute approximate surface area is 202 Å². The number of para-hydroxylation sites is 1. The van der Waals surface area contributed by atoms with Crippen molar-refractivity contribution < 1.29 is 4.79 Å². The topological polar surface area (TPSA) is 69.3 Å². The molecule has 2 heterocycles. The normalized spacial score (nSPS) is 15.4. The summed E-state index contributed by atoms with van der Waals surface area (Å²) in [5.41, 5.74) is 1.61. The summed E-state index contributed by atoms with van der Waals surface area (Å²) in [5, 5.41) is 0.318. The number of hydrogen-bond donors (Lipinski definition) is 1. The van der Waals surface area contributed by atoms with Crippen molar-refractivity contribution in [3.8, 4) is 0 Å². The van der Waals surface area contributed by atoms with Gasteiger partial charge in [-0.15, -0.1) is 11.8 Å². The van der Waals surface area contributed by atoms with Crippen LogP contribution in [0.1, 0.15) is 16.6 Å². The molecule has 1 amide bonds. The van der Waals surface area contributed by atoms with E-state index in [1.165, 1.54) is 0 Å². The lowest BCUT2D eigenvalue weighted by Gasteiger charge is -2.36. The van der Waals surface area contributed by atoms with E-state index in [9.17, 15) is 9.59 Å².